The van der Waals surface area contributed by atoms with Gasteiger partial charge in [-0.1, -0.05) is 115 Å². The third-order valence-electron chi connectivity index (χ3n) is 7.53. The second kappa shape index (κ2) is 26.5. The van der Waals surface area contributed by atoms with E-state index in [-0.39, 0.29) is 25.2 Å². The molecule has 0 N–H and O–H groups in total. The average Bonchev–Trinajstić information content (AvgIpc) is 3.09. The molecule has 0 aliphatic rings. The molecule has 0 bridgehead atoms. The van der Waals surface area contributed by atoms with Gasteiger partial charge in [-0.2, -0.15) is 0 Å². The van der Waals surface area contributed by atoms with Crippen molar-refractivity contribution >= 4 is 23.5 Å². The molecule has 350 valence electrons. The van der Waals surface area contributed by atoms with Gasteiger partial charge in [0, 0.05) is 0 Å². The monoisotopic (exact) mass is 909 g/mol. The van der Waals surface area contributed by atoms with Gasteiger partial charge >= 0.3 is 23.5 Å². The summed E-state index contributed by atoms with van der Waals surface area (Å²) < 4.78 is 87.9. The lowest BCUT2D eigenvalue weighted by Crippen LogP contribution is -2.27. The van der Waals surface area contributed by atoms with Crippen LogP contribution in [-0.2, 0) is 67.6 Å². The van der Waals surface area contributed by atoms with Crippen LogP contribution in [0.2, 0.25) is 0 Å². The van der Waals surface area contributed by atoms with Crippen molar-refractivity contribution in [3.8, 4) is 0 Å². The molecule has 2 aromatic carbocycles. The maximum absolute atomic E-state index is 12.9. The van der Waals surface area contributed by atoms with Crippen molar-refractivity contribution in [2.24, 2.45) is 17.8 Å². The number of phosphoric acid groups is 3. The second-order valence-corrected chi connectivity index (χ2v) is 24.0. The van der Waals surface area contributed by atoms with Gasteiger partial charge in [0.25, 0.3) is 0 Å². The summed E-state index contributed by atoms with van der Waals surface area (Å²) in [5.41, 5.74) is -0.470. The Bertz CT molecular complexity index is 1490. The lowest BCUT2D eigenvalue weighted by Gasteiger charge is -2.33. The molecule has 2 rings (SSSR count). The highest BCUT2D eigenvalue weighted by atomic mass is 31.2. The van der Waals surface area contributed by atoms with Gasteiger partial charge in [-0.05, 0) is 119 Å². The van der Waals surface area contributed by atoms with Crippen molar-refractivity contribution in [2.75, 3.05) is 13.2 Å². The number of benzene rings is 2. The van der Waals surface area contributed by atoms with E-state index < -0.39 is 45.9 Å². The van der Waals surface area contributed by atoms with Crippen molar-refractivity contribution in [3.63, 3.8) is 0 Å². The molecule has 0 saturated carbocycles. The van der Waals surface area contributed by atoms with Gasteiger partial charge in [-0.25, -0.2) is 13.7 Å². The zero-order chi connectivity index (χ0) is 46.6. The predicted octanol–water partition coefficient (Wildman–Crippen LogP) is 15.2. The second-order valence-electron chi connectivity index (χ2n) is 19.4. The Morgan fingerprint density at radius 2 is 0.817 bits per heavy atom. The van der Waals surface area contributed by atoms with Crippen LogP contribution < -0.4 is 0 Å². The highest BCUT2D eigenvalue weighted by Crippen LogP contribution is 2.57. The summed E-state index contributed by atoms with van der Waals surface area (Å²) in [4.78, 5) is 0. The van der Waals surface area contributed by atoms with Crippen LogP contribution >= 0.6 is 23.5 Å². The minimum absolute atomic E-state index is 0.180. The normalized spacial score (nSPS) is 14.7. The first kappa shape index (κ1) is 58.8. The fourth-order valence-electron chi connectivity index (χ4n) is 4.26. The molecule has 60 heavy (non-hydrogen) atoms. The van der Waals surface area contributed by atoms with Gasteiger partial charge in [0.15, 0.2) is 0 Å². The lowest BCUT2D eigenvalue weighted by atomic mass is 10.0. The maximum atomic E-state index is 12.9. The van der Waals surface area contributed by atoms with Crippen LogP contribution in [0.15, 0.2) is 60.7 Å². The minimum atomic E-state index is -3.62. The molecule has 12 nitrogen and oxygen atoms in total. The third-order valence-corrected chi connectivity index (χ3v) is 13.0. The smallest absolute Gasteiger partial charge is 0.287 e. The van der Waals surface area contributed by atoms with Gasteiger partial charge in [0.05, 0.1) is 54.9 Å². The molecular weight excluding hydrogens is 825 g/mol. The third kappa shape index (κ3) is 30.8. The number of phosphoric ester groups is 3. The first-order valence-corrected chi connectivity index (χ1v) is 25.6. The fraction of sp³-hybridized carbons (Fsp3) is 0.733. The Kier molecular flexibility index (Phi) is 26.0. The van der Waals surface area contributed by atoms with Crippen molar-refractivity contribution < 1.29 is 54.4 Å². The molecule has 0 aromatic heterocycles. The molecule has 0 amide bonds. The molecule has 0 spiro atoms. The van der Waals surface area contributed by atoms with Crippen LogP contribution in [0.1, 0.15) is 156 Å². The first-order valence-electron chi connectivity index (χ1n) is 21.2. The summed E-state index contributed by atoms with van der Waals surface area (Å²) in [5.74, 6) is 0.856. The van der Waals surface area contributed by atoms with E-state index in [0.29, 0.717) is 25.0 Å². The predicted molar refractivity (Wildman–Crippen MR) is 245 cm³/mol. The standard InChI is InChI=1S/C19H25O4P.C14H31O4P.C12H27O4P/c1-3-17(2)14-21-24(20,22-15-18-10-6-4-7-11-18)23-16-19-12-8-5-9-13-19;1-10-11(2)12(3)16-19(15,17-13(4,5)6)18-14(7,8)9;1-10(2)9-14-17(13,15-11(3,4)5)16-12(6,7)8/h4-13,17H,3,14-16H2,1-2H3;11-12H,10H2,1-9H3;10H,9H2,1-8H3. The SMILES string of the molecule is CC(C)COP(=O)(OC(C)(C)C)OC(C)(C)C.CCC(C)C(C)OP(=O)(OC(C)(C)C)OC(C)(C)C.CCC(C)COP(=O)(OCc1ccccc1)OCc1ccccc1. The molecule has 2 aromatic rings. The zero-order valence-corrected chi connectivity index (χ0v) is 43.2. The molecule has 0 fully saturated rings. The average molecular weight is 909 g/mol. The molecule has 15 heteroatoms. The van der Waals surface area contributed by atoms with Crippen molar-refractivity contribution in [1.29, 1.82) is 0 Å². The molecule has 0 heterocycles. The number of hydrogen-bond donors (Lipinski definition) is 0. The van der Waals surface area contributed by atoms with E-state index in [1.54, 1.807) is 0 Å². The molecule has 3 unspecified atom stereocenters. The van der Waals surface area contributed by atoms with E-state index in [4.69, 9.17) is 40.7 Å². The van der Waals surface area contributed by atoms with E-state index in [2.05, 4.69) is 20.8 Å². The molecule has 0 aliphatic carbocycles. The summed E-state index contributed by atoms with van der Waals surface area (Å²) in [5, 5.41) is 0. The van der Waals surface area contributed by atoms with Gasteiger partial charge in [0.1, 0.15) is 0 Å². The van der Waals surface area contributed by atoms with Gasteiger partial charge in [-0.15, -0.1) is 0 Å². The van der Waals surface area contributed by atoms with Crippen LogP contribution in [0.25, 0.3) is 0 Å². The maximum Gasteiger partial charge on any atom is 0.476 e. The topological polar surface area (TPSA) is 134 Å². The fourth-order valence-corrected chi connectivity index (χ4v) is 9.58. The van der Waals surface area contributed by atoms with Gasteiger partial charge in [0.2, 0.25) is 0 Å². The zero-order valence-electron chi connectivity index (χ0n) is 40.6. The van der Waals surface area contributed by atoms with Crippen LogP contribution in [0.5, 0.6) is 0 Å². The van der Waals surface area contributed by atoms with E-state index >= 15 is 0 Å². The molecule has 0 aliphatic heterocycles. The van der Waals surface area contributed by atoms with E-state index in [1.165, 1.54) is 0 Å². The van der Waals surface area contributed by atoms with Crippen LogP contribution in [0.3, 0.4) is 0 Å². The summed E-state index contributed by atoms with van der Waals surface area (Å²) in [6.07, 6.45) is 1.71. The largest absolute Gasteiger partial charge is 0.476 e. The Morgan fingerprint density at radius 3 is 1.13 bits per heavy atom. The van der Waals surface area contributed by atoms with Gasteiger partial charge < -0.3 is 0 Å². The van der Waals surface area contributed by atoms with Crippen LogP contribution in [0.4, 0.5) is 0 Å². The summed E-state index contributed by atoms with van der Waals surface area (Å²) in [6, 6.07) is 19.1. The van der Waals surface area contributed by atoms with E-state index in [1.807, 2.05) is 171 Å². The van der Waals surface area contributed by atoms with Gasteiger partial charge in [-0.3, -0.25) is 40.7 Å². The Morgan fingerprint density at radius 1 is 0.467 bits per heavy atom. The molecule has 0 saturated heterocycles. The van der Waals surface area contributed by atoms with Crippen molar-refractivity contribution in [1.82, 2.24) is 0 Å². The minimum Gasteiger partial charge on any atom is -0.287 e. The first-order chi connectivity index (χ1) is 27.2. The lowest BCUT2D eigenvalue weighted by molar-refractivity contribution is -0.0165. The van der Waals surface area contributed by atoms with Crippen LogP contribution in [0, 0.1) is 17.8 Å². The Labute approximate surface area is 365 Å². The number of rotatable bonds is 21. The quantitative estimate of drug-likeness (QED) is 0.110. The van der Waals surface area contributed by atoms with Crippen molar-refractivity contribution in [3.05, 3.63) is 71.8 Å². The molecular formula is C45H83O12P3. The summed E-state index contributed by atoms with van der Waals surface area (Å²) in [7, 11) is -10.7. The summed E-state index contributed by atoms with van der Waals surface area (Å²) in [6.45, 7) is 37.1. The molecule has 3 atom stereocenters. The van der Waals surface area contributed by atoms with Crippen molar-refractivity contribution in [2.45, 2.75) is 186 Å². The molecule has 0 radical (unpaired) electrons. The Hall–Kier alpha value is -1.23. The highest BCUT2D eigenvalue weighted by molar-refractivity contribution is 7.49. The number of hydrogen-bond acceptors (Lipinski definition) is 12. The van der Waals surface area contributed by atoms with E-state index in [0.717, 1.165) is 24.0 Å². The summed E-state index contributed by atoms with van der Waals surface area (Å²) >= 11 is 0. The Balaban J connectivity index is 0.000000888. The van der Waals surface area contributed by atoms with Crippen LogP contribution in [-0.4, -0.2) is 41.7 Å². The highest BCUT2D eigenvalue weighted by Gasteiger charge is 2.40. The van der Waals surface area contributed by atoms with E-state index in [9.17, 15) is 13.7 Å².